The Morgan fingerprint density at radius 1 is 0.949 bits per heavy atom. The highest BCUT2D eigenvalue weighted by molar-refractivity contribution is 5.88. The van der Waals surface area contributed by atoms with Crippen LogP contribution >= 0.6 is 0 Å². The van der Waals surface area contributed by atoms with Crippen LogP contribution in [0.25, 0.3) is 0 Å². The smallest absolute Gasteiger partial charge is 0.326 e. The number of rotatable bonds is 8. The van der Waals surface area contributed by atoms with Crippen molar-refractivity contribution in [1.82, 2.24) is 4.90 Å². The van der Waals surface area contributed by atoms with Crippen LogP contribution in [0.1, 0.15) is 33.9 Å². The van der Waals surface area contributed by atoms with E-state index in [-0.39, 0.29) is 13.0 Å². The van der Waals surface area contributed by atoms with Gasteiger partial charge in [-0.15, -0.1) is 0 Å². The third-order valence-corrected chi connectivity index (χ3v) is 6.86. The molecule has 6 nitrogen and oxygen atoms in total. The fourth-order valence-electron chi connectivity index (χ4n) is 4.83. The molecule has 5 rings (SSSR count). The van der Waals surface area contributed by atoms with E-state index in [1.165, 1.54) is 29.2 Å². The monoisotopic (exact) mass is 525 g/mol. The first-order valence-electron chi connectivity index (χ1n) is 12.7. The molecule has 0 saturated heterocycles. The highest BCUT2D eigenvalue weighted by Gasteiger charge is 2.40. The number of benzene rings is 4. The molecule has 1 amide bonds. The van der Waals surface area contributed by atoms with Gasteiger partial charge in [-0.2, -0.15) is 0 Å². The molecule has 0 spiro atoms. The highest BCUT2D eigenvalue weighted by Crippen LogP contribution is 2.36. The summed E-state index contributed by atoms with van der Waals surface area (Å²) in [6, 6.07) is 26.7. The van der Waals surface area contributed by atoms with Gasteiger partial charge in [0, 0.05) is 24.1 Å². The minimum atomic E-state index is -1.12. The van der Waals surface area contributed by atoms with E-state index in [0.717, 1.165) is 22.3 Å². The van der Waals surface area contributed by atoms with Gasteiger partial charge < -0.3 is 19.5 Å². The number of carbonyl (C=O) groups excluding carboxylic acids is 1. The maximum Gasteiger partial charge on any atom is 0.326 e. The molecule has 0 bridgehead atoms. The maximum absolute atomic E-state index is 14.0. The van der Waals surface area contributed by atoms with Crippen molar-refractivity contribution in [3.63, 3.8) is 0 Å². The van der Waals surface area contributed by atoms with Gasteiger partial charge in [-0.3, -0.25) is 4.79 Å². The fourth-order valence-corrected chi connectivity index (χ4v) is 4.83. The van der Waals surface area contributed by atoms with E-state index in [0.29, 0.717) is 23.7 Å². The van der Waals surface area contributed by atoms with Gasteiger partial charge in [0.25, 0.3) is 5.91 Å². The molecule has 1 aliphatic rings. The van der Waals surface area contributed by atoms with Gasteiger partial charge in [0.15, 0.2) is 0 Å². The van der Waals surface area contributed by atoms with Crippen LogP contribution in [-0.2, 0) is 29.2 Å². The number of carboxylic acid groups (broad SMARTS) is 1. The summed E-state index contributed by atoms with van der Waals surface area (Å²) in [5, 5.41) is 10.2. The van der Waals surface area contributed by atoms with Crippen LogP contribution in [0.15, 0.2) is 97.1 Å². The molecule has 0 saturated carbocycles. The molecule has 1 N–H and O–H groups in total. The second kappa shape index (κ2) is 11.4. The molecular weight excluding hydrogens is 497 g/mol. The third kappa shape index (κ3) is 5.77. The molecule has 4 aromatic rings. The number of aliphatic carboxylic acids is 1. The summed E-state index contributed by atoms with van der Waals surface area (Å²) in [4.78, 5) is 27.8. The van der Waals surface area contributed by atoms with Gasteiger partial charge in [-0.25, -0.2) is 9.18 Å². The first-order chi connectivity index (χ1) is 18.9. The lowest BCUT2D eigenvalue weighted by atomic mass is 9.90. The Morgan fingerprint density at radius 2 is 1.62 bits per heavy atom. The summed E-state index contributed by atoms with van der Waals surface area (Å²) in [7, 11) is 0. The molecule has 0 aromatic heterocycles. The summed E-state index contributed by atoms with van der Waals surface area (Å²) in [6.45, 7) is 2.36. The molecule has 1 aliphatic heterocycles. The SMILES string of the molecule is Cc1ccc2c(c1OCc1ccccc1)C[C@H](C(=O)O)N(C(=O)[C@H](Oc1ccc(F)cc1)c1ccccc1)C2. The van der Waals surface area contributed by atoms with E-state index in [9.17, 15) is 19.1 Å². The lowest BCUT2D eigenvalue weighted by Crippen LogP contribution is -2.51. The number of ether oxygens (including phenoxy) is 2. The van der Waals surface area contributed by atoms with Crippen molar-refractivity contribution >= 4 is 11.9 Å². The van der Waals surface area contributed by atoms with Crippen molar-refractivity contribution in [1.29, 1.82) is 0 Å². The molecule has 7 heteroatoms. The van der Waals surface area contributed by atoms with Crippen LogP contribution in [0.3, 0.4) is 0 Å². The first-order valence-corrected chi connectivity index (χ1v) is 12.7. The molecule has 0 unspecified atom stereocenters. The van der Waals surface area contributed by atoms with Crippen LogP contribution in [-0.4, -0.2) is 27.9 Å². The van der Waals surface area contributed by atoms with E-state index in [4.69, 9.17) is 9.47 Å². The van der Waals surface area contributed by atoms with Crippen molar-refractivity contribution in [2.75, 3.05) is 0 Å². The lowest BCUT2D eigenvalue weighted by molar-refractivity contribution is -0.155. The van der Waals surface area contributed by atoms with Gasteiger partial charge in [-0.1, -0.05) is 72.8 Å². The second-order valence-electron chi connectivity index (χ2n) is 9.51. The number of halogens is 1. The molecule has 2 atom stereocenters. The Kier molecular flexibility index (Phi) is 7.59. The van der Waals surface area contributed by atoms with Gasteiger partial charge in [-0.05, 0) is 47.9 Å². The quantitative estimate of drug-likeness (QED) is 0.311. The Hall–Kier alpha value is -4.65. The van der Waals surface area contributed by atoms with E-state index in [1.54, 1.807) is 24.3 Å². The number of fused-ring (bicyclic) bond motifs is 1. The van der Waals surface area contributed by atoms with Crippen molar-refractivity contribution < 1.29 is 28.6 Å². The van der Waals surface area contributed by atoms with Crippen LogP contribution < -0.4 is 9.47 Å². The van der Waals surface area contributed by atoms with Crippen molar-refractivity contribution in [2.45, 2.75) is 38.6 Å². The van der Waals surface area contributed by atoms with Gasteiger partial charge >= 0.3 is 5.97 Å². The number of nitrogens with zero attached hydrogens (tertiary/aromatic N) is 1. The summed E-state index contributed by atoms with van der Waals surface area (Å²) in [5.74, 6) is -1.08. The summed E-state index contributed by atoms with van der Waals surface area (Å²) < 4.78 is 25.7. The molecule has 198 valence electrons. The maximum atomic E-state index is 14.0. The molecule has 1 heterocycles. The zero-order valence-electron chi connectivity index (χ0n) is 21.4. The van der Waals surface area contributed by atoms with Crippen molar-refractivity contribution in [3.05, 3.63) is 131 Å². The normalized spacial score (nSPS) is 15.2. The minimum absolute atomic E-state index is 0.0865. The predicted octanol–water partition coefficient (Wildman–Crippen LogP) is 5.87. The number of hydrogen-bond donors (Lipinski definition) is 1. The van der Waals surface area contributed by atoms with Crippen LogP contribution in [0.5, 0.6) is 11.5 Å². The van der Waals surface area contributed by atoms with Gasteiger partial charge in [0.1, 0.15) is 30.0 Å². The summed E-state index contributed by atoms with van der Waals surface area (Å²) in [5.41, 5.74) is 4.08. The van der Waals surface area contributed by atoms with E-state index in [2.05, 4.69) is 0 Å². The number of carboxylic acids is 1. The second-order valence-corrected chi connectivity index (χ2v) is 9.51. The standard InChI is InChI=1S/C32H28FNO5/c1-21-12-13-24-19-34(28(32(36)37)18-27(24)29(21)38-20-22-8-4-2-5-9-22)31(35)30(23-10-6-3-7-11-23)39-26-16-14-25(33)15-17-26/h2-17,28,30H,18-20H2,1H3,(H,36,37)/t28-,30-/m1/s1. The number of aryl methyl sites for hydroxylation is 1. The predicted molar refractivity (Wildman–Crippen MR) is 144 cm³/mol. The highest BCUT2D eigenvalue weighted by atomic mass is 19.1. The van der Waals surface area contributed by atoms with Crippen LogP contribution in [0.4, 0.5) is 4.39 Å². The zero-order valence-corrected chi connectivity index (χ0v) is 21.4. The molecule has 4 aromatic carbocycles. The van der Waals surface area contributed by atoms with Crippen LogP contribution in [0.2, 0.25) is 0 Å². The van der Waals surface area contributed by atoms with Gasteiger partial charge in [0.2, 0.25) is 6.10 Å². The third-order valence-electron chi connectivity index (χ3n) is 6.86. The number of amides is 1. The average molecular weight is 526 g/mol. The Labute approximate surface area is 226 Å². The van der Waals surface area contributed by atoms with Crippen molar-refractivity contribution in [2.24, 2.45) is 0 Å². The molecule has 0 fully saturated rings. The Bertz CT molecular complexity index is 1460. The van der Waals surface area contributed by atoms with E-state index in [1.807, 2.05) is 55.5 Å². The number of hydrogen-bond acceptors (Lipinski definition) is 4. The summed E-state index contributed by atoms with van der Waals surface area (Å²) in [6.07, 6.45) is -1.01. The molecule has 39 heavy (non-hydrogen) atoms. The Balaban J connectivity index is 1.47. The largest absolute Gasteiger partial charge is 0.488 e. The summed E-state index contributed by atoms with van der Waals surface area (Å²) >= 11 is 0. The minimum Gasteiger partial charge on any atom is -0.488 e. The first kappa shape index (κ1) is 26.0. The van der Waals surface area contributed by atoms with Crippen LogP contribution in [0, 0.1) is 12.7 Å². The molecule has 0 aliphatic carbocycles. The topological polar surface area (TPSA) is 76.1 Å². The molecule has 0 radical (unpaired) electrons. The van der Waals surface area contributed by atoms with Crippen molar-refractivity contribution in [3.8, 4) is 11.5 Å². The van der Waals surface area contributed by atoms with E-state index < -0.39 is 29.8 Å². The molecular formula is C32H28FNO5. The average Bonchev–Trinajstić information content (AvgIpc) is 2.96. The van der Waals surface area contributed by atoms with Gasteiger partial charge in [0.05, 0.1) is 0 Å². The lowest BCUT2D eigenvalue weighted by Gasteiger charge is -2.37. The number of carbonyl (C=O) groups is 2. The Morgan fingerprint density at radius 3 is 2.28 bits per heavy atom. The fraction of sp³-hybridized carbons (Fsp3) is 0.188. The zero-order chi connectivity index (χ0) is 27.4. The van der Waals surface area contributed by atoms with E-state index >= 15 is 0 Å².